The Hall–Kier alpha value is -1.27. The summed E-state index contributed by atoms with van der Waals surface area (Å²) in [5.41, 5.74) is 0.654. The van der Waals surface area contributed by atoms with Crippen LogP contribution in [0.25, 0.3) is 0 Å². The molecule has 0 spiro atoms. The molecule has 0 aliphatic carbocycles. The summed E-state index contributed by atoms with van der Waals surface area (Å²) in [6, 6.07) is 7.01. The Morgan fingerprint density at radius 3 is 2.50 bits per heavy atom. The molecule has 0 radical (unpaired) electrons. The highest BCUT2D eigenvalue weighted by molar-refractivity contribution is 8.14. The van der Waals surface area contributed by atoms with E-state index in [1.54, 1.807) is 24.3 Å². The average molecular weight is 318 g/mol. The van der Waals surface area contributed by atoms with Gasteiger partial charge >= 0.3 is 0 Å². The van der Waals surface area contributed by atoms with Crippen LogP contribution in [0.5, 0.6) is 5.75 Å². The van der Waals surface area contributed by atoms with E-state index in [0.29, 0.717) is 12.3 Å². The fourth-order valence-corrected chi connectivity index (χ4v) is 3.08. The first-order chi connectivity index (χ1) is 9.41. The summed E-state index contributed by atoms with van der Waals surface area (Å²) in [5.74, 6) is 0.491. The van der Waals surface area contributed by atoms with Crippen molar-refractivity contribution >= 4 is 31.3 Å². The summed E-state index contributed by atoms with van der Waals surface area (Å²) in [7, 11) is 1.60. The molecule has 2 rings (SSSR count). The van der Waals surface area contributed by atoms with Crippen molar-refractivity contribution in [2.75, 3.05) is 18.1 Å². The second-order valence-corrected chi connectivity index (χ2v) is 7.56. The lowest BCUT2D eigenvalue weighted by Crippen LogP contribution is -2.26. The molecule has 7 heteroatoms. The molecule has 1 atom stereocenters. The molecule has 1 heterocycles. The van der Waals surface area contributed by atoms with Crippen molar-refractivity contribution in [1.82, 2.24) is 0 Å². The number of hydrogen-bond donors (Lipinski definition) is 0. The van der Waals surface area contributed by atoms with Crippen molar-refractivity contribution in [2.45, 2.75) is 25.0 Å². The Bertz CT molecular complexity index is 585. The van der Waals surface area contributed by atoms with Crippen molar-refractivity contribution in [1.29, 1.82) is 0 Å². The number of carbonyl (C=O) groups is 1. The predicted molar refractivity (Wildman–Crippen MR) is 77.8 cm³/mol. The van der Waals surface area contributed by atoms with Crippen molar-refractivity contribution in [3.05, 3.63) is 24.3 Å². The van der Waals surface area contributed by atoms with E-state index in [1.807, 2.05) is 6.92 Å². The van der Waals surface area contributed by atoms with Gasteiger partial charge in [-0.2, -0.15) is 0 Å². The molecule has 20 heavy (non-hydrogen) atoms. The first-order valence-corrected chi connectivity index (χ1v) is 8.75. The van der Waals surface area contributed by atoms with Gasteiger partial charge in [-0.1, -0.05) is 6.92 Å². The van der Waals surface area contributed by atoms with Gasteiger partial charge in [0.1, 0.15) is 11.0 Å². The maximum absolute atomic E-state index is 11.9. The molecule has 5 nitrogen and oxygen atoms in total. The van der Waals surface area contributed by atoms with Crippen molar-refractivity contribution in [3.63, 3.8) is 0 Å². The number of nitrogens with zero attached hydrogens (tertiary/aromatic N) is 1. The second kappa shape index (κ2) is 6.01. The summed E-state index contributed by atoms with van der Waals surface area (Å²) in [4.78, 5) is 13.3. The number of rotatable bonds is 5. The van der Waals surface area contributed by atoms with Crippen molar-refractivity contribution in [3.8, 4) is 5.75 Å². The smallest absolute Gasteiger partial charge is 0.237 e. The molecule has 110 valence electrons. The average Bonchev–Trinajstić information content (AvgIpc) is 2.79. The summed E-state index contributed by atoms with van der Waals surface area (Å²) < 4.78 is 28.0. The molecule has 0 aromatic heterocycles. The molecule has 1 aromatic rings. The topological polar surface area (TPSA) is 63.7 Å². The SMILES string of the molecule is CCCOc1ccc(N2CC(S(=O)(=O)Cl)CC2=O)cc1. The zero-order chi connectivity index (χ0) is 14.8. The minimum Gasteiger partial charge on any atom is -0.494 e. The molecule has 1 amide bonds. The Morgan fingerprint density at radius 1 is 1.35 bits per heavy atom. The van der Waals surface area contributed by atoms with Gasteiger partial charge in [-0.15, -0.1) is 0 Å². The molecular weight excluding hydrogens is 302 g/mol. The summed E-state index contributed by atoms with van der Waals surface area (Å²) >= 11 is 0. The van der Waals surface area contributed by atoms with Gasteiger partial charge in [-0.25, -0.2) is 8.42 Å². The van der Waals surface area contributed by atoms with Gasteiger partial charge in [0, 0.05) is 29.3 Å². The monoisotopic (exact) mass is 317 g/mol. The standard InChI is InChI=1S/C13H16ClNO4S/c1-2-7-19-11-5-3-10(4-6-11)15-9-12(8-13(15)16)20(14,17)18/h3-6,12H,2,7-9H2,1H3. The van der Waals surface area contributed by atoms with Gasteiger partial charge < -0.3 is 9.64 Å². The van der Waals surface area contributed by atoms with Crippen LogP contribution < -0.4 is 9.64 Å². The summed E-state index contributed by atoms with van der Waals surface area (Å²) in [5, 5.41) is -0.840. The van der Waals surface area contributed by atoms with E-state index < -0.39 is 14.3 Å². The van der Waals surface area contributed by atoms with E-state index in [0.717, 1.165) is 12.2 Å². The van der Waals surface area contributed by atoms with Crippen LogP contribution >= 0.6 is 10.7 Å². The zero-order valence-electron chi connectivity index (χ0n) is 11.1. The van der Waals surface area contributed by atoms with Gasteiger partial charge in [0.15, 0.2) is 0 Å². The maximum atomic E-state index is 11.9. The molecule has 1 aromatic carbocycles. The number of hydrogen-bond acceptors (Lipinski definition) is 4. The van der Waals surface area contributed by atoms with Gasteiger partial charge in [-0.3, -0.25) is 4.79 Å². The number of benzene rings is 1. The highest BCUT2D eigenvalue weighted by Gasteiger charge is 2.37. The van der Waals surface area contributed by atoms with Crippen LogP contribution in [0.2, 0.25) is 0 Å². The molecule has 1 aliphatic heterocycles. The van der Waals surface area contributed by atoms with Crippen LogP contribution in [0.15, 0.2) is 24.3 Å². The van der Waals surface area contributed by atoms with Crippen LogP contribution in [-0.2, 0) is 13.8 Å². The third-order valence-corrected chi connectivity index (χ3v) is 4.98. The van der Waals surface area contributed by atoms with E-state index >= 15 is 0 Å². The van der Waals surface area contributed by atoms with E-state index in [4.69, 9.17) is 15.4 Å². The molecule has 1 fully saturated rings. The van der Waals surface area contributed by atoms with Crippen molar-refractivity contribution in [2.24, 2.45) is 0 Å². The van der Waals surface area contributed by atoms with Gasteiger partial charge in [-0.05, 0) is 30.7 Å². The molecule has 1 aliphatic rings. The molecule has 0 saturated carbocycles. The Kier molecular flexibility index (Phi) is 4.55. The number of amides is 1. The lowest BCUT2D eigenvalue weighted by atomic mass is 10.3. The Labute approximate surface area is 122 Å². The number of carbonyl (C=O) groups excluding carboxylic acids is 1. The fourth-order valence-electron chi connectivity index (χ4n) is 2.06. The lowest BCUT2D eigenvalue weighted by Gasteiger charge is -2.16. The molecular formula is C13H16ClNO4S. The third-order valence-electron chi connectivity index (χ3n) is 3.11. The largest absolute Gasteiger partial charge is 0.494 e. The van der Waals surface area contributed by atoms with Crippen molar-refractivity contribution < 1.29 is 17.9 Å². The molecule has 1 unspecified atom stereocenters. The fraction of sp³-hybridized carbons (Fsp3) is 0.462. The molecule has 1 saturated heterocycles. The third kappa shape index (κ3) is 3.43. The lowest BCUT2D eigenvalue weighted by molar-refractivity contribution is -0.117. The Balaban J connectivity index is 2.10. The minimum atomic E-state index is -3.71. The van der Waals surface area contributed by atoms with E-state index in [-0.39, 0.29) is 18.9 Å². The van der Waals surface area contributed by atoms with Crippen LogP contribution in [0.3, 0.4) is 0 Å². The van der Waals surface area contributed by atoms with Crippen LogP contribution in [0.1, 0.15) is 19.8 Å². The van der Waals surface area contributed by atoms with E-state index in [1.165, 1.54) is 4.90 Å². The maximum Gasteiger partial charge on any atom is 0.237 e. The molecule has 0 bridgehead atoms. The van der Waals surface area contributed by atoms with Gasteiger partial charge in [0.2, 0.25) is 15.0 Å². The number of halogens is 1. The number of anilines is 1. The Morgan fingerprint density at radius 2 is 2.00 bits per heavy atom. The predicted octanol–water partition coefficient (Wildman–Crippen LogP) is 2.15. The zero-order valence-corrected chi connectivity index (χ0v) is 12.7. The van der Waals surface area contributed by atoms with Crippen LogP contribution in [0.4, 0.5) is 5.69 Å². The number of ether oxygens (including phenoxy) is 1. The summed E-state index contributed by atoms with van der Waals surface area (Å²) in [6.07, 6.45) is 0.849. The highest BCUT2D eigenvalue weighted by atomic mass is 35.7. The van der Waals surface area contributed by atoms with E-state index in [2.05, 4.69) is 0 Å². The van der Waals surface area contributed by atoms with E-state index in [9.17, 15) is 13.2 Å². The first kappa shape index (κ1) is 15.1. The van der Waals surface area contributed by atoms with Crippen LogP contribution in [-0.4, -0.2) is 32.7 Å². The molecule has 0 N–H and O–H groups in total. The normalized spacial score (nSPS) is 19.4. The second-order valence-electron chi connectivity index (χ2n) is 4.65. The first-order valence-electron chi connectivity index (χ1n) is 6.38. The van der Waals surface area contributed by atoms with Gasteiger partial charge in [0.05, 0.1) is 6.61 Å². The minimum absolute atomic E-state index is 0.0695. The van der Waals surface area contributed by atoms with Crippen LogP contribution in [0, 0.1) is 0 Å². The highest BCUT2D eigenvalue weighted by Crippen LogP contribution is 2.28. The quantitative estimate of drug-likeness (QED) is 0.781. The van der Waals surface area contributed by atoms with Gasteiger partial charge in [0.25, 0.3) is 0 Å². The summed E-state index contributed by atoms with van der Waals surface area (Å²) in [6.45, 7) is 2.75.